The zero-order chi connectivity index (χ0) is 13.8. The molecule has 0 radical (unpaired) electrons. The molecular weight excluding hydrogens is 306 g/mol. The molecule has 1 heterocycles. The van der Waals surface area contributed by atoms with E-state index in [1.54, 1.807) is 6.33 Å². The van der Waals surface area contributed by atoms with E-state index in [1.165, 1.54) is 0 Å². The molecule has 19 heavy (non-hydrogen) atoms. The highest BCUT2D eigenvalue weighted by atomic mass is 79.9. The van der Waals surface area contributed by atoms with Gasteiger partial charge in [0.15, 0.2) is 5.82 Å². The van der Waals surface area contributed by atoms with Gasteiger partial charge in [-0.05, 0) is 36.6 Å². The maximum Gasteiger partial charge on any atom is 0.164 e. The third-order valence-corrected chi connectivity index (χ3v) is 3.62. The van der Waals surface area contributed by atoms with Crippen molar-refractivity contribution in [3.05, 3.63) is 40.4 Å². The van der Waals surface area contributed by atoms with E-state index in [2.05, 4.69) is 39.9 Å². The SMILES string of the molecule is Cc1cc(OCc2ncnn2CC(C)C)ccc1Br. The molecule has 0 atom stereocenters. The Bertz CT molecular complexity index is 551. The van der Waals surface area contributed by atoms with E-state index in [0.29, 0.717) is 12.5 Å². The van der Waals surface area contributed by atoms with Gasteiger partial charge in [0.05, 0.1) is 0 Å². The van der Waals surface area contributed by atoms with Gasteiger partial charge in [0.1, 0.15) is 18.7 Å². The summed E-state index contributed by atoms with van der Waals surface area (Å²) in [6, 6.07) is 5.94. The zero-order valence-corrected chi connectivity index (χ0v) is 13.0. The second-order valence-corrected chi connectivity index (χ2v) is 5.81. The van der Waals surface area contributed by atoms with Gasteiger partial charge in [0.25, 0.3) is 0 Å². The van der Waals surface area contributed by atoms with E-state index in [9.17, 15) is 0 Å². The number of halogens is 1. The van der Waals surface area contributed by atoms with Crippen LogP contribution in [0.25, 0.3) is 0 Å². The summed E-state index contributed by atoms with van der Waals surface area (Å²) in [7, 11) is 0. The molecule has 5 heteroatoms. The number of ether oxygens (including phenoxy) is 1. The summed E-state index contributed by atoms with van der Waals surface area (Å²) in [6.45, 7) is 7.65. The molecule has 0 saturated heterocycles. The lowest BCUT2D eigenvalue weighted by Crippen LogP contribution is -2.12. The summed E-state index contributed by atoms with van der Waals surface area (Å²) in [5.74, 6) is 2.24. The molecule has 0 spiro atoms. The van der Waals surface area contributed by atoms with Crippen molar-refractivity contribution in [1.82, 2.24) is 14.8 Å². The van der Waals surface area contributed by atoms with Crippen LogP contribution in [0.3, 0.4) is 0 Å². The zero-order valence-electron chi connectivity index (χ0n) is 11.4. The number of aromatic nitrogens is 3. The number of nitrogens with zero attached hydrogens (tertiary/aromatic N) is 3. The standard InChI is InChI=1S/C14H18BrN3O/c1-10(2)7-18-14(16-9-17-18)8-19-12-4-5-13(15)11(3)6-12/h4-6,9-10H,7-8H2,1-3H3. The first-order valence-electron chi connectivity index (χ1n) is 6.32. The van der Waals surface area contributed by atoms with E-state index in [0.717, 1.165) is 28.2 Å². The molecule has 0 bridgehead atoms. The smallest absolute Gasteiger partial charge is 0.164 e. The van der Waals surface area contributed by atoms with Crippen LogP contribution < -0.4 is 4.74 Å². The highest BCUT2D eigenvalue weighted by Crippen LogP contribution is 2.22. The lowest BCUT2D eigenvalue weighted by molar-refractivity contribution is 0.282. The highest BCUT2D eigenvalue weighted by Gasteiger charge is 2.07. The Morgan fingerprint density at radius 1 is 1.37 bits per heavy atom. The Kier molecular flexibility index (Phi) is 4.58. The summed E-state index contributed by atoms with van der Waals surface area (Å²) < 4.78 is 8.75. The Hall–Kier alpha value is -1.36. The number of aryl methyl sites for hydroxylation is 1. The van der Waals surface area contributed by atoms with Crippen LogP contribution in [0.1, 0.15) is 25.2 Å². The molecule has 0 N–H and O–H groups in total. The molecule has 0 unspecified atom stereocenters. The summed E-state index contributed by atoms with van der Waals surface area (Å²) in [5, 5.41) is 4.22. The minimum Gasteiger partial charge on any atom is -0.486 e. The molecule has 4 nitrogen and oxygen atoms in total. The first kappa shape index (κ1) is 14.1. The molecule has 0 saturated carbocycles. The maximum atomic E-state index is 5.76. The summed E-state index contributed by atoms with van der Waals surface area (Å²) in [5.41, 5.74) is 1.15. The Morgan fingerprint density at radius 3 is 2.84 bits per heavy atom. The van der Waals surface area contributed by atoms with E-state index < -0.39 is 0 Å². The van der Waals surface area contributed by atoms with Crippen LogP contribution in [0.5, 0.6) is 5.75 Å². The molecule has 0 fully saturated rings. The third kappa shape index (κ3) is 3.80. The normalized spacial score (nSPS) is 11.0. The quantitative estimate of drug-likeness (QED) is 0.844. The lowest BCUT2D eigenvalue weighted by Gasteiger charge is -2.10. The van der Waals surface area contributed by atoms with Gasteiger partial charge in [-0.15, -0.1) is 0 Å². The number of hydrogen-bond acceptors (Lipinski definition) is 3. The van der Waals surface area contributed by atoms with Crippen LogP contribution in [0.15, 0.2) is 29.0 Å². The van der Waals surface area contributed by atoms with Crippen LogP contribution >= 0.6 is 15.9 Å². The van der Waals surface area contributed by atoms with E-state index in [4.69, 9.17) is 4.74 Å². The van der Waals surface area contributed by atoms with Gasteiger partial charge in [-0.2, -0.15) is 5.10 Å². The average molecular weight is 324 g/mol. The topological polar surface area (TPSA) is 39.9 Å². The molecular formula is C14H18BrN3O. The Labute approximate surface area is 121 Å². The number of rotatable bonds is 5. The lowest BCUT2D eigenvalue weighted by atomic mass is 10.2. The molecule has 0 aliphatic rings. The minimum atomic E-state index is 0.438. The van der Waals surface area contributed by atoms with Crippen LogP contribution in [0, 0.1) is 12.8 Å². The molecule has 1 aromatic carbocycles. The predicted molar refractivity (Wildman–Crippen MR) is 78.1 cm³/mol. The van der Waals surface area contributed by atoms with Crippen molar-refractivity contribution in [3.63, 3.8) is 0 Å². The summed E-state index contributed by atoms with van der Waals surface area (Å²) in [6.07, 6.45) is 1.58. The van der Waals surface area contributed by atoms with Gasteiger partial charge in [0.2, 0.25) is 0 Å². The monoisotopic (exact) mass is 323 g/mol. The first-order valence-corrected chi connectivity index (χ1v) is 7.11. The molecule has 0 amide bonds. The van der Waals surface area contributed by atoms with E-state index in [1.807, 2.05) is 29.8 Å². The summed E-state index contributed by atoms with van der Waals surface area (Å²) >= 11 is 3.48. The molecule has 0 aliphatic heterocycles. The van der Waals surface area contributed by atoms with Crippen LogP contribution in [-0.4, -0.2) is 14.8 Å². The fourth-order valence-electron chi connectivity index (χ4n) is 1.75. The predicted octanol–water partition coefficient (Wildman–Crippen LogP) is 3.58. The maximum absolute atomic E-state index is 5.76. The molecule has 102 valence electrons. The molecule has 1 aromatic heterocycles. The summed E-state index contributed by atoms with van der Waals surface area (Å²) in [4.78, 5) is 4.24. The first-order chi connectivity index (χ1) is 9.06. The third-order valence-electron chi connectivity index (χ3n) is 2.73. The van der Waals surface area contributed by atoms with Crippen molar-refractivity contribution >= 4 is 15.9 Å². The van der Waals surface area contributed by atoms with Gasteiger partial charge >= 0.3 is 0 Å². The Balaban J connectivity index is 2.02. The second kappa shape index (κ2) is 6.19. The van der Waals surface area contributed by atoms with Gasteiger partial charge in [-0.3, -0.25) is 0 Å². The van der Waals surface area contributed by atoms with E-state index >= 15 is 0 Å². The number of benzene rings is 1. The minimum absolute atomic E-state index is 0.438. The van der Waals surface area contributed by atoms with Crippen LogP contribution in [0.4, 0.5) is 0 Å². The second-order valence-electron chi connectivity index (χ2n) is 4.95. The van der Waals surface area contributed by atoms with Gasteiger partial charge in [-0.25, -0.2) is 9.67 Å². The highest BCUT2D eigenvalue weighted by molar-refractivity contribution is 9.10. The molecule has 2 rings (SSSR count). The van der Waals surface area contributed by atoms with Crippen molar-refractivity contribution in [3.8, 4) is 5.75 Å². The van der Waals surface area contributed by atoms with Gasteiger partial charge in [-0.1, -0.05) is 29.8 Å². The largest absolute Gasteiger partial charge is 0.486 e. The van der Waals surface area contributed by atoms with Crippen molar-refractivity contribution in [2.45, 2.75) is 33.9 Å². The number of hydrogen-bond donors (Lipinski definition) is 0. The van der Waals surface area contributed by atoms with Crippen LogP contribution in [-0.2, 0) is 13.2 Å². The molecule has 2 aromatic rings. The van der Waals surface area contributed by atoms with Crippen molar-refractivity contribution in [2.75, 3.05) is 0 Å². The van der Waals surface area contributed by atoms with Crippen molar-refractivity contribution < 1.29 is 4.74 Å². The average Bonchev–Trinajstić information content (AvgIpc) is 2.77. The van der Waals surface area contributed by atoms with Crippen LogP contribution in [0.2, 0.25) is 0 Å². The van der Waals surface area contributed by atoms with Gasteiger partial charge < -0.3 is 4.74 Å². The Morgan fingerprint density at radius 2 is 2.16 bits per heavy atom. The molecule has 0 aliphatic carbocycles. The fourth-order valence-corrected chi connectivity index (χ4v) is 2.00. The van der Waals surface area contributed by atoms with Crippen molar-refractivity contribution in [2.24, 2.45) is 5.92 Å². The fraction of sp³-hybridized carbons (Fsp3) is 0.429. The van der Waals surface area contributed by atoms with E-state index in [-0.39, 0.29) is 0 Å². The van der Waals surface area contributed by atoms with Gasteiger partial charge in [0, 0.05) is 11.0 Å². The van der Waals surface area contributed by atoms with Crippen molar-refractivity contribution in [1.29, 1.82) is 0 Å².